The molecular formula is C68H64N2. The van der Waals surface area contributed by atoms with Crippen molar-refractivity contribution < 1.29 is 0 Å². The van der Waals surface area contributed by atoms with Crippen molar-refractivity contribution in [3.05, 3.63) is 215 Å². The van der Waals surface area contributed by atoms with Gasteiger partial charge in [0.1, 0.15) is 0 Å². The van der Waals surface area contributed by atoms with Crippen LogP contribution in [0.4, 0.5) is 22.7 Å². The van der Waals surface area contributed by atoms with Crippen LogP contribution in [0.5, 0.6) is 0 Å². The monoisotopic (exact) mass is 909 g/mol. The van der Waals surface area contributed by atoms with E-state index in [0.717, 1.165) is 0 Å². The molecule has 2 fully saturated rings. The Hall–Kier alpha value is -6.64. The molecule has 2 heteroatoms. The summed E-state index contributed by atoms with van der Waals surface area (Å²) in [6, 6.07) is 71.0. The van der Waals surface area contributed by atoms with Crippen molar-refractivity contribution in [2.45, 2.75) is 126 Å². The van der Waals surface area contributed by atoms with Crippen LogP contribution in [-0.2, 0) is 16.2 Å². The Morgan fingerprint density at radius 1 is 0.300 bits per heavy atom. The Kier molecular flexibility index (Phi) is 9.16. The number of hydrogen-bond acceptors (Lipinski definition) is 2. The minimum absolute atomic E-state index is 0.00299. The zero-order chi connectivity index (χ0) is 47.0. The lowest BCUT2D eigenvalue weighted by Crippen LogP contribution is -2.53. The molecule has 70 heavy (non-hydrogen) atoms. The smallest absolute Gasteiger partial charge is 0.0725 e. The van der Waals surface area contributed by atoms with Gasteiger partial charge in [-0.25, -0.2) is 0 Å². The predicted molar refractivity (Wildman–Crippen MR) is 293 cm³/mol. The van der Waals surface area contributed by atoms with Crippen LogP contribution in [0.2, 0.25) is 0 Å². The van der Waals surface area contributed by atoms with Crippen LogP contribution in [0.25, 0.3) is 44.5 Å². The fraction of sp³-hybridized carbons (Fsp3) is 0.294. The van der Waals surface area contributed by atoms with Gasteiger partial charge in [-0.3, -0.25) is 0 Å². The summed E-state index contributed by atoms with van der Waals surface area (Å²) >= 11 is 0. The lowest BCUT2D eigenvalue weighted by atomic mass is 9.63. The van der Waals surface area contributed by atoms with Crippen molar-refractivity contribution in [3.63, 3.8) is 0 Å². The summed E-state index contributed by atoms with van der Waals surface area (Å²) in [4.78, 5) is 5.44. The molecule has 8 aromatic rings. The molecular weight excluding hydrogens is 845 g/mol. The van der Waals surface area contributed by atoms with E-state index in [9.17, 15) is 0 Å². The number of para-hydroxylation sites is 2. The Morgan fingerprint density at radius 2 is 0.643 bits per heavy atom. The third-order valence-corrected chi connectivity index (χ3v) is 19.7. The van der Waals surface area contributed by atoms with Gasteiger partial charge in [0.05, 0.1) is 16.5 Å². The number of fused-ring (bicyclic) bond motifs is 16. The van der Waals surface area contributed by atoms with Crippen molar-refractivity contribution in [1.82, 2.24) is 0 Å². The number of benzene rings is 8. The maximum Gasteiger partial charge on any atom is 0.0725 e. The highest BCUT2D eigenvalue weighted by atomic mass is 15.3. The average Bonchev–Trinajstić information content (AvgIpc) is 3.94. The van der Waals surface area contributed by atoms with Crippen LogP contribution in [0.3, 0.4) is 0 Å². The molecule has 0 saturated heterocycles. The van der Waals surface area contributed by atoms with Gasteiger partial charge in [-0.2, -0.15) is 0 Å². The molecule has 0 amide bonds. The second-order valence-corrected chi connectivity index (χ2v) is 22.9. The van der Waals surface area contributed by atoms with Crippen LogP contribution in [0.15, 0.2) is 182 Å². The van der Waals surface area contributed by atoms with Gasteiger partial charge in [-0.15, -0.1) is 0 Å². The normalized spacial score (nSPS) is 25.4. The maximum absolute atomic E-state index is 2.73. The zero-order valence-corrected chi connectivity index (χ0v) is 41.5. The van der Waals surface area contributed by atoms with Crippen molar-refractivity contribution in [2.75, 3.05) is 9.80 Å². The van der Waals surface area contributed by atoms with E-state index in [1.165, 1.54) is 171 Å². The summed E-state index contributed by atoms with van der Waals surface area (Å²) in [5.74, 6) is 0. The van der Waals surface area contributed by atoms with Gasteiger partial charge in [0.15, 0.2) is 0 Å². The molecule has 2 saturated carbocycles. The van der Waals surface area contributed by atoms with E-state index < -0.39 is 5.41 Å². The summed E-state index contributed by atoms with van der Waals surface area (Å²) in [5.41, 5.74) is 24.2. The largest absolute Gasteiger partial charge is 0.334 e. The molecule has 2 heterocycles. The zero-order valence-electron chi connectivity index (χ0n) is 41.5. The van der Waals surface area contributed by atoms with Gasteiger partial charge in [0.25, 0.3) is 0 Å². The third-order valence-electron chi connectivity index (χ3n) is 19.7. The van der Waals surface area contributed by atoms with Crippen molar-refractivity contribution in [1.29, 1.82) is 0 Å². The van der Waals surface area contributed by atoms with Crippen molar-refractivity contribution >= 4 is 22.7 Å². The van der Waals surface area contributed by atoms with E-state index in [2.05, 4.69) is 219 Å². The minimum atomic E-state index is -0.457. The van der Waals surface area contributed by atoms with Crippen LogP contribution in [0, 0.1) is 0 Å². The second kappa shape index (κ2) is 15.2. The Morgan fingerprint density at radius 3 is 1.09 bits per heavy atom. The molecule has 0 N–H and O–H groups in total. The third kappa shape index (κ3) is 5.46. The molecule has 0 bridgehead atoms. The fourth-order valence-electron chi connectivity index (χ4n) is 15.8. The quantitative estimate of drug-likeness (QED) is 0.174. The van der Waals surface area contributed by atoms with E-state index >= 15 is 0 Å². The number of anilines is 4. The van der Waals surface area contributed by atoms with Gasteiger partial charge < -0.3 is 9.80 Å². The number of nitrogens with zero attached hydrogens (tertiary/aromatic N) is 2. The van der Waals surface area contributed by atoms with E-state index in [0.29, 0.717) is 0 Å². The van der Waals surface area contributed by atoms with E-state index in [1.54, 1.807) is 0 Å². The SMILES string of the molecule is CC12CCCCCCC1(C)N(c1ccccc1)c1ccc(-c3ccc4c(c3)C3(c5ccccc5-c5ccccc53)c3cc(-c5ccc6c(c5)C5(C)CCCCCC5(C)N6c5ccccc5)ccc3-4)cc12. The molecule has 6 aliphatic rings. The van der Waals surface area contributed by atoms with Gasteiger partial charge in [-0.05, 0) is 178 Å². The van der Waals surface area contributed by atoms with Crippen molar-refractivity contribution in [2.24, 2.45) is 0 Å². The molecule has 4 aliphatic carbocycles. The first kappa shape index (κ1) is 42.3. The first-order chi connectivity index (χ1) is 34.2. The lowest BCUT2D eigenvalue weighted by Gasteiger charge is -2.48. The van der Waals surface area contributed by atoms with Crippen LogP contribution in [-0.4, -0.2) is 11.1 Å². The topological polar surface area (TPSA) is 6.48 Å². The van der Waals surface area contributed by atoms with Gasteiger partial charge in [0, 0.05) is 33.6 Å². The molecule has 0 radical (unpaired) electrons. The molecule has 1 spiro atoms. The Balaban J connectivity index is 0.943. The van der Waals surface area contributed by atoms with Gasteiger partial charge in [-0.1, -0.05) is 180 Å². The minimum Gasteiger partial charge on any atom is -0.334 e. The van der Waals surface area contributed by atoms with Crippen molar-refractivity contribution in [3.8, 4) is 44.5 Å². The van der Waals surface area contributed by atoms with Crippen LogP contribution < -0.4 is 9.80 Å². The molecule has 2 nitrogen and oxygen atoms in total. The summed E-state index contributed by atoms with van der Waals surface area (Å²) in [5, 5.41) is 0. The highest BCUT2D eigenvalue weighted by molar-refractivity contribution is 5.97. The second-order valence-electron chi connectivity index (χ2n) is 22.9. The summed E-state index contributed by atoms with van der Waals surface area (Å²) in [6.45, 7) is 10.3. The molecule has 0 aromatic heterocycles. The lowest BCUT2D eigenvalue weighted by molar-refractivity contribution is 0.218. The fourth-order valence-corrected chi connectivity index (χ4v) is 15.8. The molecule has 4 unspecified atom stereocenters. The standard InChI is InChI=1S/C68H64N2/c1-64-38-18-5-6-20-40-66(64,3)69(50-22-10-7-11-23-50)62-36-32-48(44-60(62)64)46-30-34-54-55-35-31-47(43-59(55)68(58(54)42-46)56-28-16-14-26-52(56)53-27-15-17-29-57(53)68)49-33-37-63-61(45-49)65(2)39-19-9-21-41-67(65,4)70(63)51-24-12-8-13-25-51/h7-8,10-17,22-37,42-45H,5-6,9,18-21,38-41H2,1-4H3. The van der Waals surface area contributed by atoms with E-state index in [-0.39, 0.29) is 21.9 Å². The van der Waals surface area contributed by atoms with E-state index in [4.69, 9.17) is 0 Å². The molecule has 2 aliphatic heterocycles. The summed E-state index contributed by atoms with van der Waals surface area (Å²) < 4.78 is 0. The highest BCUT2D eigenvalue weighted by Gasteiger charge is 2.58. The predicted octanol–water partition coefficient (Wildman–Crippen LogP) is 18.0. The van der Waals surface area contributed by atoms with E-state index in [1.807, 2.05) is 0 Å². The highest BCUT2D eigenvalue weighted by Crippen LogP contribution is 2.65. The van der Waals surface area contributed by atoms with Gasteiger partial charge in [0.2, 0.25) is 0 Å². The number of rotatable bonds is 4. The summed E-state index contributed by atoms with van der Waals surface area (Å²) in [7, 11) is 0. The number of hydrogen-bond donors (Lipinski definition) is 0. The van der Waals surface area contributed by atoms with Gasteiger partial charge >= 0.3 is 0 Å². The first-order valence-corrected chi connectivity index (χ1v) is 26.7. The first-order valence-electron chi connectivity index (χ1n) is 26.7. The molecule has 14 rings (SSSR count). The molecule has 346 valence electrons. The van der Waals surface area contributed by atoms with Crippen LogP contribution >= 0.6 is 0 Å². The molecule has 8 aromatic carbocycles. The summed E-state index contributed by atoms with van der Waals surface area (Å²) in [6.07, 6.45) is 13.8. The Labute approximate surface area is 416 Å². The Bertz CT molecular complexity index is 3360. The maximum atomic E-state index is 2.73. The van der Waals surface area contributed by atoms with Crippen LogP contribution in [0.1, 0.15) is 132 Å². The molecule has 4 atom stereocenters. The average molecular weight is 909 g/mol.